The van der Waals surface area contributed by atoms with Crippen molar-refractivity contribution < 1.29 is 9.21 Å². The molecule has 0 unspecified atom stereocenters. The molecule has 1 saturated carbocycles. The molecule has 112 valence electrons. The summed E-state index contributed by atoms with van der Waals surface area (Å²) in [7, 11) is 0. The van der Waals surface area contributed by atoms with Gasteiger partial charge in [-0.3, -0.25) is 4.79 Å². The van der Waals surface area contributed by atoms with Crippen molar-refractivity contribution in [2.45, 2.75) is 25.2 Å². The Morgan fingerprint density at radius 1 is 1.32 bits per heavy atom. The van der Waals surface area contributed by atoms with Crippen molar-refractivity contribution in [3.63, 3.8) is 0 Å². The molecule has 4 rings (SSSR count). The van der Waals surface area contributed by atoms with Crippen LogP contribution in [0.2, 0.25) is 0 Å². The number of H-pyrrole nitrogens is 1. The number of benzene rings is 1. The van der Waals surface area contributed by atoms with E-state index in [2.05, 4.69) is 31.2 Å². The van der Waals surface area contributed by atoms with Crippen molar-refractivity contribution in [3.8, 4) is 0 Å². The van der Waals surface area contributed by atoms with Crippen molar-refractivity contribution in [2.75, 3.05) is 5.32 Å². The molecule has 0 atom stereocenters. The predicted molar refractivity (Wildman–Crippen MR) is 87.0 cm³/mol. The molecule has 0 radical (unpaired) electrons. The van der Waals surface area contributed by atoms with E-state index in [-0.39, 0.29) is 11.7 Å². The molecular weight excluding hydrogens is 346 g/mol. The standard InChI is InChI=1S/C16H14BrN3O2/c17-14-7-6-13(22-14)16(21)18-10-4-5-11-12(8-10)20-15(19-11)9-2-1-3-9/h4-9H,1-3H2,(H,18,21)(H,19,20). The zero-order valence-electron chi connectivity index (χ0n) is 11.7. The van der Waals surface area contributed by atoms with Gasteiger partial charge in [-0.2, -0.15) is 0 Å². The summed E-state index contributed by atoms with van der Waals surface area (Å²) in [4.78, 5) is 20.1. The molecule has 1 aliphatic rings. The number of nitrogens with zero attached hydrogens (tertiary/aromatic N) is 1. The topological polar surface area (TPSA) is 70.9 Å². The maximum absolute atomic E-state index is 12.1. The van der Waals surface area contributed by atoms with E-state index in [0.29, 0.717) is 16.3 Å². The number of furan rings is 1. The Morgan fingerprint density at radius 3 is 2.86 bits per heavy atom. The first-order valence-corrected chi connectivity index (χ1v) is 8.05. The smallest absolute Gasteiger partial charge is 0.291 e. The maximum Gasteiger partial charge on any atom is 0.291 e. The molecular formula is C16H14BrN3O2. The van der Waals surface area contributed by atoms with Gasteiger partial charge in [-0.15, -0.1) is 0 Å². The van der Waals surface area contributed by atoms with Gasteiger partial charge in [0.1, 0.15) is 5.82 Å². The molecule has 22 heavy (non-hydrogen) atoms. The van der Waals surface area contributed by atoms with E-state index in [0.717, 1.165) is 16.9 Å². The lowest BCUT2D eigenvalue weighted by Gasteiger charge is -2.22. The molecule has 1 fully saturated rings. The molecule has 1 aliphatic carbocycles. The fourth-order valence-electron chi connectivity index (χ4n) is 2.61. The SMILES string of the molecule is O=C(Nc1ccc2nc(C3CCC3)[nH]c2c1)c1ccc(Br)o1. The fourth-order valence-corrected chi connectivity index (χ4v) is 2.92. The second kappa shape index (κ2) is 5.28. The number of rotatable bonds is 3. The number of nitrogens with one attached hydrogen (secondary N) is 2. The number of anilines is 1. The van der Waals surface area contributed by atoms with Crippen LogP contribution >= 0.6 is 15.9 Å². The lowest BCUT2D eigenvalue weighted by Crippen LogP contribution is -2.10. The van der Waals surface area contributed by atoms with Gasteiger partial charge in [0, 0.05) is 11.6 Å². The predicted octanol–water partition coefficient (Wildman–Crippen LogP) is 4.44. The van der Waals surface area contributed by atoms with Crippen molar-refractivity contribution in [1.82, 2.24) is 9.97 Å². The second-order valence-electron chi connectivity index (χ2n) is 5.54. The highest BCUT2D eigenvalue weighted by Crippen LogP contribution is 2.35. The third-order valence-corrected chi connectivity index (χ3v) is 4.47. The Balaban J connectivity index is 1.57. The normalized spacial score (nSPS) is 15.0. The molecule has 1 aromatic carbocycles. The summed E-state index contributed by atoms with van der Waals surface area (Å²) < 4.78 is 5.78. The third-order valence-electron chi connectivity index (χ3n) is 4.05. The van der Waals surface area contributed by atoms with E-state index >= 15 is 0 Å². The molecule has 0 saturated heterocycles. The molecule has 0 aliphatic heterocycles. The van der Waals surface area contributed by atoms with Gasteiger partial charge in [0.25, 0.3) is 5.91 Å². The van der Waals surface area contributed by atoms with Crippen LogP contribution in [0.1, 0.15) is 41.6 Å². The molecule has 0 spiro atoms. The number of aromatic nitrogens is 2. The van der Waals surface area contributed by atoms with Crippen LogP contribution in [0.4, 0.5) is 5.69 Å². The largest absolute Gasteiger partial charge is 0.444 e. The summed E-state index contributed by atoms with van der Waals surface area (Å²) in [6, 6.07) is 8.99. The number of aromatic amines is 1. The summed E-state index contributed by atoms with van der Waals surface area (Å²) in [6.45, 7) is 0. The van der Waals surface area contributed by atoms with Gasteiger partial charge in [0.2, 0.25) is 0 Å². The number of amides is 1. The Kier molecular flexibility index (Phi) is 3.26. The van der Waals surface area contributed by atoms with Crippen LogP contribution in [0, 0.1) is 0 Å². The van der Waals surface area contributed by atoms with Crippen LogP contribution in [0.3, 0.4) is 0 Å². The molecule has 5 nitrogen and oxygen atoms in total. The molecule has 2 heterocycles. The number of halogens is 1. The number of carbonyl (C=O) groups is 1. The highest BCUT2D eigenvalue weighted by Gasteiger charge is 2.22. The molecule has 6 heteroatoms. The molecule has 3 aromatic rings. The zero-order valence-corrected chi connectivity index (χ0v) is 13.3. The summed E-state index contributed by atoms with van der Waals surface area (Å²) in [5.41, 5.74) is 2.59. The van der Waals surface area contributed by atoms with Crippen LogP contribution in [0.5, 0.6) is 0 Å². The minimum Gasteiger partial charge on any atom is -0.444 e. The monoisotopic (exact) mass is 359 g/mol. The Labute approximate surface area is 135 Å². The van der Waals surface area contributed by atoms with Crippen molar-refractivity contribution in [2.24, 2.45) is 0 Å². The van der Waals surface area contributed by atoms with Crippen molar-refractivity contribution in [3.05, 3.63) is 46.6 Å². The number of carbonyl (C=O) groups excluding carboxylic acids is 1. The average molecular weight is 360 g/mol. The zero-order chi connectivity index (χ0) is 15.1. The summed E-state index contributed by atoms with van der Waals surface area (Å²) in [5, 5.41) is 2.83. The molecule has 0 bridgehead atoms. The first kappa shape index (κ1) is 13.6. The maximum atomic E-state index is 12.1. The minimum absolute atomic E-state index is 0.270. The Bertz CT molecular complexity index is 848. The van der Waals surface area contributed by atoms with Crippen LogP contribution in [0.15, 0.2) is 39.4 Å². The van der Waals surface area contributed by atoms with Gasteiger partial charge < -0.3 is 14.7 Å². The highest BCUT2D eigenvalue weighted by molar-refractivity contribution is 9.10. The first-order chi connectivity index (χ1) is 10.7. The number of hydrogen-bond acceptors (Lipinski definition) is 3. The van der Waals surface area contributed by atoms with E-state index in [1.54, 1.807) is 12.1 Å². The highest BCUT2D eigenvalue weighted by atomic mass is 79.9. The Hall–Kier alpha value is -2.08. The lowest BCUT2D eigenvalue weighted by molar-refractivity contribution is 0.0995. The summed E-state index contributed by atoms with van der Waals surface area (Å²) in [6.07, 6.45) is 3.69. The first-order valence-electron chi connectivity index (χ1n) is 7.25. The van der Waals surface area contributed by atoms with Crippen LogP contribution in [-0.4, -0.2) is 15.9 Å². The number of hydrogen-bond donors (Lipinski definition) is 2. The number of fused-ring (bicyclic) bond motifs is 1. The van der Waals surface area contributed by atoms with Gasteiger partial charge in [0.05, 0.1) is 11.0 Å². The summed E-state index contributed by atoms with van der Waals surface area (Å²) >= 11 is 3.19. The molecule has 2 N–H and O–H groups in total. The van der Waals surface area contributed by atoms with Gasteiger partial charge in [-0.1, -0.05) is 6.42 Å². The second-order valence-corrected chi connectivity index (χ2v) is 6.32. The van der Waals surface area contributed by atoms with E-state index < -0.39 is 0 Å². The van der Waals surface area contributed by atoms with E-state index in [4.69, 9.17) is 4.42 Å². The van der Waals surface area contributed by atoms with E-state index in [9.17, 15) is 4.79 Å². The summed E-state index contributed by atoms with van der Waals surface area (Å²) in [5.74, 6) is 1.61. The molecule has 1 amide bonds. The molecule has 2 aromatic heterocycles. The third kappa shape index (κ3) is 2.43. The van der Waals surface area contributed by atoms with Gasteiger partial charge in [-0.05, 0) is 59.1 Å². The quantitative estimate of drug-likeness (QED) is 0.726. The van der Waals surface area contributed by atoms with Crippen molar-refractivity contribution >= 4 is 38.6 Å². The minimum atomic E-state index is -0.274. The van der Waals surface area contributed by atoms with E-state index in [1.807, 2.05) is 18.2 Å². The van der Waals surface area contributed by atoms with Gasteiger partial charge in [-0.25, -0.2) is 4.98 Å². The van der Waals surface area contributed by atoms with Crippen LogP contribution < -0.4 is 5.32 Å². The Morgan fingerprint density at radius 2 is 2.18 bits per heavy atom. The van der Waals surface area contributed by atoms with Gasteiger partial charge >= 0.3 is 0 Å². The average Bonchev–Trinajstić information content (AvgIpc) is 3.02. The van der Waals surface area contributed by atoms with Gasteiger partial charge in [0.15, 0.2) is 10.4 Å². The van der Waals surface area contributed by atoms with E-state index in [1.165, 1.54) is 19.3 Å². The van der Waals surface area contributed by atoms with Crippen LogP contribution in [-0.2, 0) is 0 Å². The van der Waals surface area contributed by atoms with Crippen molar-refractivity contribution in [1.29, 1.82) is 0 Å². The number of imidazole rings is 1. The fraction of sp³-hybridized carbons (Fsp3) is 0.250. The van der Waals surface area contributed by atoms with Crippen LogP contribution in [0.25, 0.3) is 11.0 Å². The lowest BCUT2D eigenvalue weighted by atomic mass is 9.85.